The Hall–Kier alpha value is -3.62. The average Bonchev–Trinajstić information content (AvgIpc) is 3.15. The maximum atomic E-state index is 12.8. The van der Waals surface area contributed by atoms with E-state index in [1.54, 1.807) is 32.9 Å². The number of carbonyl (C=O) groups is 3. The van der Waals surface area contributed by atoms with Crippen LogP contribution in [0.2, 0.25) is 0 Å². The summed E-state index contributed by atoms with van der Waals surface area (Å²) in [7, 11) is 0. The summed E-state index contributed by atoms with van der Waals surface area (Å²) in [4.78, 5) is 51.0. The largest absolute Gasteiger partial charge is 0.443 e. The van der Waals surface area contributed by atoms with Crippen molar-refractivity contribution in [2.24, 2.45) is 0 Å². The van der Waals surface area contributed by atoms with Crippen LogP contribution in [0, 0.1) is 0 Å². The topological polar surface area (TPSA) is 124 Å². The van der Waals surface area contributed by atoms with Crippen molar-refractivity contribution in [2.75, 3.05) is 17.2 Å². The molecule has 0 atom stereocenters. The molecular weight excluding hydrogens is 376 g/mol. The Balaban J connectivity index is 1.90. The highest BCUT2D eigenvalue weighted by molar-refractivity contribution is 6.23. The van der Waals surface area contributed by atoms with Crippen LogP contribution in [0.4, 0.5) is 16.3 Å². The summed E-state index contributed by atoms with van der Waals surface area (Å²) in [5, 5.41) is 2.14. The molecule has 29 heavy (non-hydrogen) atoms. The Morgan fingerprint density at radius 2 is 1.90 bits per heavy atom. The number of nitrogens with zero attached hydrogens (tertiary/aromatic N) is 2. The number of anilines is 2. The molecule has 0 spiro atoms. The minimum absolute atomic E-state index is 0.0472. The standard InChI is InChI=1S/C20H20N4O5/c1-20(2,3)29-19(28)23-8-7-10-5-4-6-12(15(10)23)24-13(25)9-11-14(16(24)21)18(27)22-17(11)26/h4-6,9H,7-8,21H2,1-3H3,(H,22,26,27). The van der Waals surface area contributed by atoms with Crippen LogP contribution in [-0.2, 0) is 11.2 Å². The first kappa shape index (κ1) is 18.7. The number of carbonyl (C=O) groups excluding carboxylic acids is 3. The number of nitrogens with one attached hydrogen (secondary N) is 1. The second kappa shape index (κ2) is 6.20. The molecule has 3 amide bonds. The molecule has 9 heteroatoms. The second-order valence-corrected chi connectivity index (χ2v) is 7.94. The fourth-order valence-corrected chi connectivity index (χ4v) is 3.64. The van der Waals surface area contributed by atoms with Crippen LogP contribution in [0.1, 0.15) is 47.1 Å². The number of nitrogen functional groups attached to an aromatic ring is 1. The average molecular weight is 396 g/mol. The van der Waals surface area contributed by atoms with E-state index in [2.05, 4.69) is 5.32 Å². The number of para-hydroxylation sites is 1. The van der Waals surface area contributed by atoms with Gasteiger partial charge in [-0.1, -0.05) is 12.1 Å². The summed E-state index contributed by atoms with van der Waals surface area (Å²) in [5.74, 6) is -1.47. The number of nitrogens with two attached hydrogens (primary N) is 1. The highest BCUT2D eigenvalue weighted by atomic mass is 16.6. The molecule has 0 radical (unpaired) electrons. The van der Waals surface area contributed by atoms with Gasteiger partial charge in [0.15, 0.2) is 0 Å². The third-order valence-corrected chi connectivity index (χ3v) is 4.78. The molecule has 9 nitrogen and oxygen atoms in total. The van der Waals surface area contributed by atoms with E-state index in [0.29, 0.717) is 24.3 Å². The quantitative estimate of drug-likeness (QED) is 0.706. The Labute approximate surface area is 166 Å². The van der Waals surface area contributed by atoms with Crippen molar-refractivity contribution in [3.8, 4) is 5.69 Å². The van der Waals surface area contributed by atoms with Crippen LogP contribution in [0.25, 0.3) is 5.69 Å². The Bertz CT molecular complexity index is 1140. The zero-order chi connectivity index (χ0) is 21.1. The van der Waals surface area contributed by atoms with Gasteiger partial charge in [0.2, 0.25) is 0 Å². The molecule has 0 aliphatic carbocycles. The monoisotopic (exact) mass is 396 g/mol. The van der Waals surface area contributed by atoms with Gasteiger partial charge in [0.1, 0.15) is 11.4 Å². The Morgan fingerprint density at radius 3 is 2.59 bits per heavy atom. The van der Waals surface area contributed by atoms with Gasteiger partial charge in [-0.25, -0.2) is 4.79 Å². The lowest BCUT2D eigenvalue weighted by atomic mass is 10.1. The molecule has 2 aliphatic heterocycles. The van der Waals surface area contributed by atoms with Crippen molar-refractivity contribution in [1.29, 1.82) is 0 Å². The maximum Gasteiger partial charge on any atom is 0.414 e. The van der Waals surface area contributed by atoms with E-state index in [1.165, 1.54) is 4.90 Å². The van der Waals surface area contributed by atoms with Gasteiger partial charge in [0.05, 0.1) is 22.5 Å². The lowest BCUT2D eigenvalue weighted by molar-refractivity contribution is 0.0583. The van der Waals surface area contributed by atoms with Crippen molar-refractivity contribution < 1.29 is 19.1 Å². The normalized spacial score (nSPS) is 15.2. The molecule has 0 saturated carbocycles. The van der Waals surface area contributed by atoms with Gasteiger partial charge < -0.3 is 10.5 Å². The van der Waals surface area contributed by atoms with E-state index in [1.807, 2.05) is 6.07 Å². The van der Waals surface area contributed by atoms with E-state index < -0.39 is 29.1 Å². The highest BCUT2D eigenvalue weighted by Crippen LogP contribution is 2.36. The molecule has 3 N–H and O–H groups in total. The number of pyridine rings is 1. The van der Waals surface area contributed by atoms with Gasteiger partial charge in [-0.3, -0.25) is 29.2 Å². The molecular formula is C20H20N4O5. The van der Waals surface area contributed by atoms with Crippen molar-refractivity contribution in [1.82, 2.24) is 9.88 Å². The number of fused-ring (bicyclic) bond motifs is 2. The first-order chi connectivity index (χ1) is 13.6. The molecule has 4 rings (SSSR count). The van der Waals surface area contributed by atoms with Crippen LogP contribution in [-0.4, -0.2) is 34.6 Å². The summed E-state index contributed by atoms with van der Waals surface area (Å²) in [6, 6.07) is 6.32. The summed E-state index contributed by atoms with van der Waals surface area (Å²) in [6.45, 7) is 5.70. The van der Waals surface area contributed by atoms with Crippen molar-refractivity contribution in [3.63, 3.8) is 0 Å². The number of aromatic nitrogens is 1. The minimum Gasteiger partial charge on any atom is -0.443 e. The number of hydrogen-bond donors (Lipinski definition) is 2. The van der Waals surface area contributed by atoms with Gasteiger partial charge >= 0.3 is 6.09 Å². The van der Waals surface area contributed by atoms with E-state index >= 15 is 0 Å². The fourth-order valence-electron chi connectivity index (χ4n) is 3.64. The lowest BCUT2D eigenvalue weighted by Crippen LogP contribution is -2.36. The van der Waals surface area contributed by atoms with Gasteiger partial charge in [0.25, 0.3) is 17.4 Å². The van der Waals surface area contributed by atoms with Gasteiger partial charge in [-0.2, -0.15) is 0 Å². The summed E-state index contributed by atoms with van der Waals surface area (Å²) in [6.07, 6.45) is 0.0467. The molecule has 0 fully saturated rings. The lowest BCUT2D eigenvalue weighted by Gasteiger charge is -2.26. The fraction of sp³-hybridized carbons (Fsp3) is 0.300. The molecule has 0 unspecified atom stereocenters. The molecule has 3 heterocycles. The number of benzene rings is 1. The molecule has 0 saturated heterocycles. The second-order valence-electron chi connectivity index (χ2n) is 7.94. The van der Waals surface area contributed by atoms with Gasteiger partial charge in [-0.15, -0.1) is 0 Å². The number of hydrogen-bond acceptors (Lipinski definition) is 6. The summed E-state index contributed by atoms with van der Waals surface area (Å²) < 4.78 is 6.65. The molecule has 2 aliphatic rings. The van der Waals surface area contributed by atoms with Crippen LogP contribution < -0.4 is 21.5 Å². The Kier molecular flexibility index (Phi) is 4.00. The predicted octanol–water partition coefficient (Wildman–Crippen LogP) is 1.60. The smallest absolute Gasteiger partial charge is 0.414 e. The number of imide groups is 1. The van der Waals surface area contributed by atoms with E-state index in [4.69, 9.17) is 10.5 Å². The highest BCUT2D eigenvalue weighted by Gasteiger charge is 2.35. The molecule has 1 aromatic heterocycles. The number of ether oxygens (including phenoxy) is 1. The predicted molar refractivity (Wildman–Crippen MR) is 106 cm³/mol. The van der Waals surface area contributed by atoms with Crippen LogP contribution in [0.5, 0.6) is 0 Å². The first-order valence-electron chi connectivity index (χ1n) is 9.12. The van der Waals surface area contributed by atoms with E-state index in [-0.39, 0.29) is 16.9 Å². The zero-order valence-electron chi connectivity index (χ0n) is 16.2. The number of amides is 3. The van der Waals surface area contributed by atoms with Crippen molar-refractivity contribution >= 4 is 29.4 Å². The summed E-state index contributed by atoms with van der Waals surface area (Å²) >= 11 is 0. The Morgan fingerprint density at radius 1 is 1.17 bits per heavy atom. The van der Waals surface area contributed by atoms with E-state index in [9.17, 15) is 19.2 Å². The van der Waals surface area contributed by atoms with Crippen LogP contribution in [0.15, 0.2) is 29.1 Å². The SMILES string of the molecule is CC(C)(C)OC(=O)N1CCc2cccc(-n3c(N)c4c(cc3=O)C(=O)NC4=O)c21. The van der Waals surface area contributed by atoms with Crippen molar-refractivity contribution in [3.05, 3.63) is 51.3 Å². The summed E-state index contributed by atoms with van der Waals surface area (Å²) in [5.41, 5.74) is 6.50. The zero-order valence-corrected chi connectivity index (χ0v) is 16.2. The number of rotatable bonds is 1. The third-order valence-electron chi connectivity index (χ3n) is 4.78. The molecule has 1 aromatic carbocycles. The van der Waals surface area contributed by atoms with Gasteiger partial charge in [-0.05, 0) is 38.8 Å². The maximum absolute atomic E-state index is 12.8. The minimum atomic E-state index is -0.684. The van der Waals surface area contributed by atoms with Gasteiger partial charge in [0, 0.05) is 12.6 Å². The van der Waals surface area contributed by atoms with E-state index in [0.717, 1.165) is 16.2 Å². The first-order valence-corrected chi connectivity index (χ1v) is 9.12. The van der Waals surface area contributed by atoms with Crippen LogP contribution in [0.3, 0.4) is 0 Å². The molecule has 2 aromatic rings. The van der Waals surface area contributed by atoms with Crippen molar-refractivity contribution in [2.45, 2.75) is 32.8 Å². The van der Waals surface area contributed by atoms with Crippen LogP contribution >= 0.6 is 0 Å². The molecule has 150 valence electrons. The third kappa shape index (κ3) is 2.95. The molecule has 0 bridgehead atoms.